The molecule has 1 aromatic heterocycles. The Hall–Kier alpha value is -1.79. The molecule has 6 heteroatoms. The molecule has 1 aliphatic heterocycles. The summed E-state index contributed by atoms with van der Waals surface area (Å²) in [6, 6.07) is 6.42. The molecule has 4 nitrogen and oxygen atoms in total. The van der Waals surface area contributed by atoms with Crippen LogP contribution in [0, 0.1) is 12.7 Å². The van der Waals surface area contributed by atoms with Crippen molar-refractivity contribution in [1.29, 1.82) is 0 Å². The topological polar surface area (TPSA) is 51.2 Å². The second-order valence-corrected chi connectivity index (χ2v) is 6.59. The first kappa shape index (κ1) is 15.1. The number of carbonyl (C=O) groups excluding carboxylic acids is 1. The van der Waals surface area contributed by atoms with Crippen molar-refractivity contribution < 1.29 is 13.9 Å². The Balaban J connectivity index is 1.74. The van der Waals surface area contributed by atoms with Gasteiger partial charge >= 0.3 is 0 Å². The van der Waals surface area contributed by atoms with Crippen LogP contribution >= 0.6 is 11.3 Å². The number of benzene rings is 1. The van der Waals surface area contributed by atoms with Crippen LogP contribution in [0.2, 0.25) is 0 Å². The minimum atomic E-state index is -0.297. The lowest BCUT2D eigenvalue weighted by Crippen LogP contribution is -2.41. The molecular weight excluding hydrogens is 303 g/mol. The van der Waals surface area contributed by atoms with Gasteiger partial charge < -0.3 is 10.1 Å². The van der Waals surface area contributed by atoms with Gasteiger partial charge in [-0.15, -0.1) is 11.3 Å². The Morgan fingerprint density at radius 3 is 2.82 bits per heavy atom. The third-order valence-corrected chi connectivity index (χ3v) is 4.77. The number of thiazole rings is 1. The summed E-state index contributed by atoms with van der Waals surface area (Å²) >= 11 is 1.45. The lowest BCUT2D eigenvalue weighted by Gasteiger charge is -2.28. The zero-order valence-corrected chi connectivity index (χ0v) is 13.1. The fraction of sp³-hybridized carbons (Fsp3) is 0.375. The van der Waals surface area contributed by atoms with E-state index in [2.05, 4.69) is 10.3 Å². The van der Waals surface area contributed by atoms with E-state index in [1.807, 2.05) is 6.92 Å². The van der Waals surface area contributed by atoms with E-state index in [0.29, 0.717) is 25.5 Å². The Morgan fingerprint density at radius 2 is 2.23 bits per heavy atom. The number of halogens is 1. The average Bonchev–Trinajstić information content (AvgIpc) is 3.15. The van der Waals surface area contributed by atoms with E-state index in [9.17, 15) is 9.18 Å². The van der Waals surface area contributed by atoms with Gasteiger partial charge in [-0.3, -0.25) is 4.79 Å². The summed E-state index contributed by atoms with van der Waals surface area (Å²) in [5.41, 5.74) is 1.13. The molecule has 116 valence electrons. The highest BCUT2D eigenvalue weighted by Crippen LogP contribution is 2.32. The van der Waals surface area contributed by atoms with Crippen LogP contribution in [0.15, 0.2) is 29.6 Å². The maximum absolute atomic E-state index is 13.1. The number of hydrogen-bond donors (Lipinski definition) is 1. The van der Waals surface area contributed by atoms with Crippen LogP contribution in [0.3, 0.4) is 0 Å². The van der Waals surface area contributed by atoms with Crippen molar-refractivity contribution in [2.24, 2.45) is 0 Å². The smallest absolute Gasteiger partial charge is 0.270 e. The van der Waals surface area contributed by atoms with E-state index in [1.54, 1.807) is 17.5 Å². The highest BCUT2D eigenvalue weighted by molar-refractivity contribution is 7.09. The number of rotatable bonds is 4. The lowest BCUT2D eigenvalue weighted by atomic mass is 9.79. The quantitative estimate of drug-likeness (QED) is 0.942. The highest BCUT2D eigenvalue weighted by Gasteiger charge is 2.37. The van der Waals surface area contributed by atoms with Gasteiger partial charge in [-0.25, -0.2) is 9.37 Å². The van der Waals surface area contributed by atoms with Crippen LogP contribution < -0.4 is 5.32 Å². The number of aryl methyl sites for hydroxylation is 1. The summed E-state index contributed by atoms with van der Waals surface area (Å²) < 4.78 is 18.7. The van der Waals surface area contributed by atoms with E-state index in [4.69, 9.17) is 4.74 Å². The van der Waals surface area contributed by atoms with Gasteiger partial charge in [0.25, 0.3) is 5.91 Å². The van der Waals surface area contributed by atoms with Gasteiger partial charge in [0.1, 0.15) is 11.5 Å². The summed E-state index contributed by atoms with van der Waals surface area (Å²) in [7, 11) is 0. The molecule has 1 N–H and O–H groups in total. The summed E-state index contributed by atoms with van der Waals surface area (Å²) in [5.74, 6) is -0.447. The molecule has 0 unspecified atom stereocenters. The average molecular weight is 320 g/mol. The molecule has 1 saturated heterocycles. The van der Waals surface area contributed by atoms with Crippen molar-refractivity contribution in [2.75, 3.05) is 19.8 Å². The lowest BCUT2D eigenvalue weighted by molar-refractivity contribution is 0.0934. The molecule has 1 atom stereocenters. The van der Waals surface area contributed by atoms with Crippen LogP contribution in [-0.4, -0.2) is 30.6 Å². The van der Waals surface area contributed by atoms with E-state index in [1.165, 1.54) is 23.5 Å². The molecule has 1 fully saturated rings. The van der Waals surface area contributed by atoms with Gasteiger partial charge in [-0.1, -0.05) is 12.1 Å². The molecule has 0 radical (unpaired) electrons. The molecule has 0 bridgehead atoms. The number of ether oxygens (including phenoxy) is 1. The van der Waals surface area contributed by atoms with E-state index < -0.39 is 0 Å². The van der Waals surface area contributed by atoms with Gasteiger partial charge in [-0.05, 0) is 31.0 Å². The number of amides is 1. The monoisotopic (exact) mass is 320 g/mol. The molecule has 0 aliphatic carbocycles. The summed E-state index contributed by atoms with van der Waals surface area (Å²) in [5, 5.41) is 5.55. The second-order valence-electron chi connectivity index (χ2n) is 5.52. The van der Waals surface area contributed by atoms with Gasteiger partial charge in [0.05, 0.1) is 11.6 Å². The first-order chi connectivity index (χ1) is 10.6. The first-order valence-electron chi connectivity index (χ1n) is 7.13. The predicted octanol–water partition coefficient (Wildman–Crippen LogP) is 2.68. The Labute approximate surface area is 132 Å². The number of hydrogen-bond acceptors (Lipinski definition) is 4. The largest absolute Gasteiger partial charge is 0.380 e. The first-order valence-corrected chi connectivity index (χ1v) is 8.01. The molecule has 3 rings (SSSR count). The van der Waals surface area contributed by atoms with Gasteiger partial charge in [0.15, 0.2) is 0 Å². The Bertz CT molecular complexity index is 663. The van der Waals surface area contributed by atoms with Crippen LogP contribution in [-0.2, 0) is 10.2 Å². The number of carbonyl (C=O) groups is 1. The molecule has 2 aromatic rings. The normalized spacial score (nSPS) is 21.0. The van der Waals surface area contributed by atoms with Crippen LogP contribution in [0.5, 0.6) is 0 Å². The molecule has 22 heavy (non-hydrogen) atoms. The fourth-order valence-corrected chi connectivity index (χ4v) is 3.28. The van der Waals surface area contributed by atoms with Crippen LogP contribution in [0.4, 0.5) is 4.39 Å². The van der Waals surface area contributed by atoms with E-state index in [0.717, 1.165) is 17.0 Å². The molecule has 2 heterocycles. The van der Waals surface area contributed by atoms with Crippen molar-refractivity contribution in [1.82, 2.24) is 10.3 Å². The fourth-order valence-electron chi connectivity index (χ4n) is 2.69. The summed E-state index contributed by atoms with van der Waals surface area (Å²) in [4.78, 5) is 16.4. The number of nitrogens with one attached hydrogen (secondary N) is 1. The van der Waals surface area contributed by atoms with Gasteiger partial charge in [0.2, 0.25) is 0 Å². The highest BCUT2D eigenvalue weighted by atomic mass is 32.1. The minimum Gasteiger partial charge on any atom is -0.380 e. The van der Waals surface area contributed by atoms with E-state index >= 15 is 0 Å². The van der Waals surface area contributed by atoms with Crippen molar-refractivity contribution in [3.05, 3.63) is 51.7 Å². The summed E-state index contributed by atoms with van der Waals surface area (Å²) in [6.45, 7) is 3.48. The van der Waals surface area contributed by atoms with Gasteiger partial charge in [0, 0.05) is 23.9 Å². The van der Waals surface area contributed by atoms with Crippen molar-refractivity contribution in [3.63, 3.8) is 0 Å². The zero-order chi connectivity index (χ0) is 15.6. The molecule has 1 aliphatic rings. The Kier molecular flexibility index (Phi) is 4.22. The molecule has 0 saturated carbocycles. The molecule has 0 spiro atoms. The number of nitrogens with zero attached hydrogens (tertiary/aromatic N) is 1. The third-order valence-electron chi connectivity index (χ3n) is 4.00. The standard InChI is InChI=1S/C16H17FN2O2S/c1-11-19-14(8-22-11)15(20)18-9-16(6-7-21-10-16)12-2-4-13(17)5-3-12/h2-5,8H,6-7,9-10H2,1H3,(H,18,20)/t16-/m0/s1. The molecule has 1 amide bonds. The second kappa shape index (κ2) is 6.14. The van der Waals surface area contributed by atoms with Crippen molar-refractivity contribution in [2.45, 2.75) is 18.8 Å². The molecular formula is C16H17FN2O2S. The third kappa shape index (κ3) is 3.03. The SMILES string of the molecule is Cc1nc(C(=O)NC[C@@]2(c3ccc(F)cc3)CCOC2)cs1. The van der Waals surface area contributed by atoms with E-state index in [-0.39, 0.29) is 17.1 Å². The zero-order valence-electron chi connectivity index (χ0n) is 12.3. The van der Waals surface area contributed by atoms with Crippen molar-refractivity contribution in [3.8, 4) is 0 Å². The van der Waals surface area contributed by atoms with Gasteiger partial charge in [-0.2, -0.15) is 0 Å². The predicted molar refractivity (Wildman–Crippen MR) is 82.7 cm³/mol. The number of aromatic nitrogens is 1. The summed E-state index contributed by atoms with van der Waals surface area (Å²) in [6.07, 6.45) is 0.801. The van der Waals surface area contributed by atoms with Crippen LogP contribution in [0.25, 0.3) is 0 Å². The Morgan fingerprint density at radius 1 is 1.45 bits per heavy atom. The maximum Gasteiger partial charge on any atom is 0.270 e. The molecule has 1 aromatic carbocycles. The van der Waals surface area contributed by atoms with Crippen LogP contribution in [0.1, 0.15) is 27.5 Å². The minimum absolute atomic E-state index is 0.183. The van der Waals surface area contributed by atoms with Crippen molar-refractivity contribution >= 4 is 17.2 Å². The maximum atomic E-state index is 13.1.